The Bertz CT molecular complexity index is 69.8. The summed E-state index contributed by atoms with van der Waals surface area (Å²) >= 11 is 0. The number of hydrogen-bond donors (Lipinski definition) is 0. The van der Waals surface area contributed by atoms with Crippen molar-refractivity contribution in [1.82, 2.24) is 0 Å². The van der Waals surface area contributed by atoms with E-state index in [4.69, 9.17) is 0 Å². The van der Waals surface area contributed by atoms with Crippen molar-refractivity contribution in [3.8, 4) is 0 Å². The van der Waals surface area contributed by atoms with E-state index >= 15 is 0 Å². The fourth-order valence-corrected chi connectivity index (χ4v) is 0.141. The van der Waals surface area contributed by atoms with E-state index in [1.807, 2.05) is 0 Å². The summed E-state index contributed by atoms with van der Waals surface area (Å²) in [7, 11) is 0. The van der Waals surface area contributed by atoms with Crippen molar-refractivity contribution in [2.24, 2.45) is 20.7 Å². The normalized spacial score (nSPS) is 14.7. The summed E-state index contributed by atoms with van der Waals surface area (Å²) in [5.41, 5.74) is 0. The van der Waals surface area contributed by atoms with E-state index in [2.05, 4.69) is 20.7 Å². The van der Waals surface area contributed by atoms with Crippen molar-refractivity contribution >= 4 is 0 Å². The van der Waals surface area contributed by atoms with Crippen LogP contribution in [0.25, 0.3) is 0 Å². The summed E-state index contributed by atoms with van der Waals surface area (Å²) in [6, 6.07) is 0. The van der Waals surface area contributed by atoms with Crippen molar-refractivity contribution in [1.29, 1.82) is 0 Å². The van der Waals surface area contributed by atoms with Gasteiger partial charge in [-0.2, -0.15) is 0 Å². The maximum Gasteiger partial charge on any atom is 1.00 e. The van der Waals surface area contributed by atoms with Gasteiger partial charge < -0.3 is 1.43 Å². The molecule has 0 radical (unpaired) electrons. The van der Waals surface area contributed by atoms with Gasteiger partial charge in [0.2, 0.25) is 0 Å². The Balaban J connectivity index is 0. The molecule has 0 saturated heterocycles. The van der Waals surface area contributed by atoms with Crippen LogP contribution < -0.4 is 29.6 Å². The Labute approximate surface area is 58.5 Å². The van der Waals surface area contributed by atoms with Gasteiger partial charge in [0.15, 0.2) is 6.67 Å². The van der Waals surface area contributed by atoms with Gasteiger partial charge in [-0.25, -0.2) is 0 Å². The molecule has 4 nitrogen and oxygen atoms in total. The summed E-state index contributed by atoms with van der Waals surface area (Å²) in [4.78, 5) is 0. The molecule has 0 aromatic rings. The molecule has 0 saturated carbocycles. The third-order valence-electron chi connectivity index (χ3n) is 0.293. The van der Waals surface area contributed by atoms with Crippen LogP contribution in [-0.4, -0.2) is 6.67 Å². The molecule has 28 valence electrons. The number of hydrogen-bond acceptors (Lipinski definition) is 4. The minimum absolute atomic E-state index is 0. The molecule has 0 unspecified atom stereocenters. The fourth-order valence-electron chi connectivity index (χ4n) is 0.141. The third kappa shape index (κ3) is 1.59. The van der Waals surface area contributed by atoms with Crippen molar-refractivity contribution in [2.75, 3.05) is 6.67 Å². The number of rotatable bonds is 0. The van der Waals surface area contributed by atoms with E-state index in [-0.39, 0.29) is 31.0 Å². The second-order valence-electron chi connectivity index (χ2n) is 0.603. The average molecular weight is 94.1 g/mol. The molecule has 0 aliphatic carbocycles. The second-order valence-corrected chi connectivity index (χ2v) is 0.603. The molecule has 0 aromatic heterocycles. The first-order chi connectivity index (χ1) is 2.50. The molecule has 1 aliphatic heterocycles. The fraction of sp³-hybridized carbons (Fsp3) is 1.00. The Morgan fingerprint density at radius 2 is 1.67 bits per heavy atom. The van der Waals surface area contributed by atoms with E-state index in [0.717, 1.165) is 0 Å². The Kier molecular flexibility index (Phi) is 3.51. The molecule has 5 heteroatoms. The quantitative estimate of drug-likeness (QED) is 0.308. The monoisotopic (exact) mass is 94.0 g/mol. The molecule has 0 amide bonds. The van der Waals surface area contributed by atoms with Gasteiger partial charge in [0.25, 0.3) is 0 Å². The van der Waals surface area contributed by atoms with E-state index in [1.165, 1.54) is 0 Å². The van der Waals surface area contributed by atoms with Crippen LogP contribution in [0.3, 0.4) is 0 Å². The summed E-state index contributed by atoms with van der Waals surface area (Å²) in [6.07, 6.45) is 0. The van der Waals surface area contributed by atoms with Gasteiger partial charge in [-0.3, -0.25) is 0 Å². The van der Waals surface area contributed by atoms with E-state index in [1.54, 1.807) is 0 Å². The smallest absolute Gasteiger partial charge is 1.00 e. The first-order valence-electron chi connectivity index (χ1n) is 1.23. The van der Waals surface area contributed by atoms with Crippen LogP contribution in [0.15, 0.2) is 20.7 Å². The molecule has 0 aromatic carbocycles. The maximum atomic E-state index is 3.38. The Morgan fingerprint density at radius 1 is 1.17 bits per heavy atom. The largest absolute Gasteiger partial charge is 1.00 e. The first-order valence-corrected chi connectivity index (χ1v) is 1.23. The van der Waals surface area contributed by atoms with E-state index in [9.17, 15) is 0 Å². The predicted octanol–water partition coefficient (Wildman–Crippen LogP) is -2.11. The zero-order valence-electron chi connectivity index (χ0n) is 4.50. The van der Waals surface area contributed by atoms with Crippen LogP contribution in [0, 0.1) is 0 Å². The van der Waals surface area contributed by atoms with E-state index in [0.29, 0.717) is 6.67 Å². The molecule has 1 aliphatic rings. The van der Waals surface area contributed by atoms with Gasteiger partial charge in [0, 0.05) is 0 Å². The van der Waals surface area contributed by atoms with Crippen LogP contribution in [0.2, 0.25) is 0 Å². The molecule has 0 atom stereocenters. The average Bonchev–Trinajstić information content (AvgIpc) is 1.76. The first kappa shape index (κ1) is 6.20. The van der Waals surface area contributed by atoms with E-state index < -0.39 is 0 Å². The van der Waals surface area contributed by atoms with Crippen molar-refractivity contribution in [3.63, 3.8) is 0 Å². The van der Waals surface area contributed by atoms with Crippen molar-refractivity contribution < 1.29 is 31.0 Å². The molecular weight excluding hydrogens is 91.0 g/mol. The SMILES string of the molecule is C1N=NN=N1.[H-].[Na+]. The maximum absolute atomic E-state index is 3.38. The van der Waals surface area contributed by atoms with Gasteiger partial charge >= 0.3 is 29.6 Å². The standard InChI is InChI=1S/CH2N4.Na.H/c1-2-4-5-3-1;;/h1H2;;/q;+1;-1. The van der Waals surface area contributed by atoms with Crippen LogP contribution >= 0.6 is 0 Å². The molecule has 1 heterocycles. The van der Waals surface area contributed by atoms with Gasteiger partial charge in [-0.15, -0.1) is 10.2 Å². The van der Waals surface area contributed by atoms with Crippen LogP contribution in [0.5, 0.6) is 0 Å². The number of nitrogens with zero attached hydrogens (tertiary/aromatic N) is 4. The summed E-state index contributed by atoms with van der Waals surface area (Å²) < 4.78 is 0. The summed E-state index contributed by atoms with van der Waals surface area (Å²) in [6.45, 7) is 0.417. The Hall–Kier alpha value is 0.200. The predicted molar refractivity (Wildman–Crippen MR) is 15.7 cm³/mol. The molecule has 1 rings (SSSR count). The molecule has 0 spiro atoms. The summed E-state index contributed by atoms with van der Waals surface area (Å²) in [5, 5.41) is 13.1. The molecule has 6 heavy (non-hydrogen) atoms. The van der Waals surface area contributed by atoms with Crippen LogP contribution in [0.1, 0.15) is 1.43 Å². The molecule has 0 fully saturated rings. The topological polar surface area (TPSA) is 49.4 Å². The zero-order chi connectivity index (χ0) is 3.54. The third-order valence-corrected chi connectivity index (χ3v) is 0.293. The summed E-state index contributed by atoms with van der Waals surface area (Å²) in [5.74, 6) is 0. The van der Waals surface area contributed by atoms with Gasteiger partial charge in [0.05, 0.1) is 0 Å². The van der Waals surface area contributed by atoms with Gasteiger partial charge in [-0.05, 0) is 10.4 Å². The van der Waals surface area contributed by atoms with Crippen molar-refractivity contribution in [3.05, 3.63) is 0 Å². The Morgan fingerprint density at radius 3 is 1.83 bits per heavy atom. The zero-order valence-corrected chi connectivity index (χ0v) is 5.50. The van der Waals surface area contributed by atoms with Crippen LogP contribution in [-0.2, 0) is 0 Å². The molecule has 0 bridgehead atoms. The van der Waals surface area contributed by atoms with Gasteiger partial charge in [0.1, 0.15) is 0 Å². The second kappa shape index (κ2) is 3.39. The minimum Gasteiger partial charge on any atom is -1.00 e. The van der Waals surface area contributed by atoms with Crippen LogP contribution in [0.4, 0.5) is 0 Å². The van der Waals surface area contributed by atoms with Gasteiger partial charge in [-0.1, -0.05) is 0 Å². The minimum atomic E-state index is 0. The molecule has 0 N–H and O–H groups in total. The van der Waals surface area contributed by atoms with Crippen molar-refractivity contribution in [2.45, 2.75) is 0 Å². The molecular formula is CH3N4Na.